The van der Waals surface area contributed by atoms with Gasteiger partial charge in [-0.15, -0.1) is 0 Å². The van der Waals surface area contributed by atoms with E-state index in [2.05, 4.69) is 4.98 Å². The minimum absolute atomic E-state index is 0.282. The molecule has 0 radical (unpaired) electrons. The van der Waals surface area contributed by atoms with Crippen LogP contribution < -0.4 is 5.56 Å². The lowest BCUT2D eigenvalue weighted by molar-refractivity contribution is 0.0693. The summed E-state index contributed by atoms with van der Waals surface area (Å²) in [6, 6.07) is 0. The van der Waals surface area contributed by atoms with Gasteiger partial charge >= 0.3 is 5.97 Å². The van der Waals surface area contributed by atoms with Gasteiger partial charge in [0, 0.05) is 12.7 Å². The molecule has 1 N–H and O–H groups in total. The van der Waals surface area contributed by atoms with Crippen LogP contribution in [-0.2, 0) is 6.54 Å². The number of hydrogen-bond acceptors (Lipinski definition) is 3. The van der Waals surface area contributed by atoms with E-state index in [0.717, 1.165) is 6.42 Å². The van der Waals surface area contributed by atoms with Crippen LogP contribution in [-0.4, -0.2) is 20.6 Å². The molecular weight excluding hydrogens is 172 g/mol. The van der Waals surface area contributed by atoms with Crippen LogP contribution in [0.4, 0.5) is 0 Å². The van der Waals surface area contributed by atoms with E-state index in [1.54, 1.807) is 4.57 Å². The van der Waals surface area contributed by atoms with Crippen molar-refractivity contribution in [1.29, 1.82) is 0 Å². The molecule has 0 atom stereocenters. The number of carboxylic acids is 1. The van der Waals surface area contributed by atoms with E-state index in [-0.39, 0.29) is 5.56 Å². The second-order valence-corrected chi connectivity index (χ2v) is 2.64. The molecule has 0 aromatic carbocycles. The predicted octanol–water partition coefficient (Wildman–Crippen LogP) is 0.351. The highest BCUT2D eigenvalue weighted by atomic mass is 16.4. The summed E-state index contributed by atoms with van der Waals surface area (Å²) in [6.45, 7) is 2.62. The van der Waals surface area contributed by atoms with Crippen molar-refractivity contribution in [3.63, 3.8) is 0 Å². The third-order valence-electron chi connectivity index (χ3n) is 1.56. The maximum absolute atomic E-state index is 10.9. The summed E-state index contributed by atoms with van der Waals surface area (Å²) < 4.78 is 1.59. The highest BCUT2D eigenvalue weighted by Crippen LogP contribution is 1.92. The third kappa shape index (κ3) is 2.14. The maximum atomic E-state index is 10.9. The summed E-state index contributed by atoms with van der Waals surface area (Å²) in [7, 11) is 0. The number of nitrogens with zero attached hydrogens (tertiary/aromatic N) is 2. The molecule has 1 rings (SSSR count). The fourth-order valence-electron chi connectivity index (χ4n) is 0.978. The first-order valence-electron chi connectivity index (χ1n) is 3.94. The largest absolute Gasteiger partial charge is 0.477 e. The summed E-state index contributed by atoms with van der Waals surface area (Å²) >= 11 is 0. The molecule has 0 saturated carbocycles. The molecule has 1 aromatic heterocycles. The third-order valence-corrected chi connectivity index (χ3v) is 1.56. The molecule has 0 fully saturated rings. The Balaban J connectivity index is 3.11. The Hall–Kier alpha value is -1.65. The van der Waals surface area contributed by atoms with Crippen molar-refractivity contribution in [2.45, 2.75) is 19.9 Å². The number of carbonyl (C=O) groups is 1. The van der Waals surface area contributed by atoms with Gasteiger partial charge in [0.25, 0.3) is 5.56 Å². The van der Waals surface area contributed by atoms with Crippen molar-refractivity contribution in [3.05, 3.63) is 28.4 Å². The van der Waals surface area contributed by atoms with Crippen LogP contribution in [0.15, 0.2) is 17.3 Å². The van der Waals surface area contributed by atoms with Gasteiger partial charge in [-0.3, -0.25) is 4.79 Å². The number of aryl methyl sites for hydroxylation is 1. The van der Waals surface area contributed by atoms with Crippen molar-refractivity contribution in [2.75, 3.05) is 0 Å². The molecule has 0 amide bonds. The van der Waals surface area contributed by atoms with E-state index in [9.17, 15) is 9.59 Å². The number of carboxylic acid groups (broad SMARTS) is 1. The molecule has 0 aliphatic rings. The molecule has 1 heterocycles. The first-order chi connectivity index (χ1) is 6.15. The lowest BCUT2D eigenvalue weighted by atomic mass is 10.3. The Labute approximate surface area is 74.7 Å². The summed E-state index contributed by atoms with van der Waals surface area (Å²) in [6.07, 6.45) is 3.52. The molecule has 13 heavy (non-hydrogen) atoms. The number of aromatic nitrogens is 2. The van der Waals surface area contributed by atoms with Crippen LogP contribution in [0.2, 0.25) is 0 Å². The van der Waals surface area contributed by atoms with Crippen molar-refractivity contribution >= 4 is 5.97 Å². The van der Waals surface area contributed by atoms with Crippen molar-refractivity contribution in [2.24, 2.45) is 0 Å². The normalized spacial score (nSPS) is 9.92. The molecular formula is C8H10N2O3. The molecule has 0 unspecified atom stereocenters. The summed E-state index contributed by atoms with van der Waals surface area (Å²) in [5.41, 5.74) is -0.976. The lowest BCUT2D eigenvalue weighted by Crippen LogP contribution is -2.20. The average Bonchev–Trinajstić information content (AvgIpc) is 2.08. The van der Waals surface area contributed by atoms with Crippen LogP contribution in [0.25, 0.3) is 0 Å². The molecule has 0 aliphatic heterocycles. The van der Waals surface area contributed by atoms with Gasteiger partial charge in [-0.25, -0.2) is 4.79 Å². The second-order valence-electron chi connectivity index (χ2n) is 2.64. The Morgan fingerprint density at radius 2 is 2.38 bits per heavy atom. The Morgan fingerprint density at radius 3 is 2.92 bits per heavy atom. The van der Waals surface area contributed by atoms with E-state index < -0.39 is 11.5 Å². The fraction of sp³-hybridized carbons (Fsp3) is 0.375. The lowest BCUT2D eigenvalue weighted by Gasteiger charge is -2.02. The van der Waals surface area contributed by atoms with E-state index >= 15 is 0 Å². The van der Waals surface area contributed by atoms with Crippen LogP contribution in [0.1, 0.15) is 23.7 Å². The van der Waals surface area contributed by atoms with Gasteiger partial charge in [-0.2, -0.15) is 4.98 Å². The minimum Gasteiger partial charge on any atom is -0.477 e. The van der Waals surface area contributed by atoms with Crippen molar-refractivity contribution in [3.8, 4) is 0 Å². The van der Waals surface area contributed by atoms with Gasteiger partial charge in [0.15, 0.2) is 0 Å². The molecule has 5 nitrogen and oxygen atoms in total. The van der Waals surface area contributed by atoms with Gasteiger partial charge < -0.3 is 9.67 Å². The zero-order valence-electron chi connectivity index (χ0n) is 7.23. The van der Waals surface area contributed by atoms with Gasteiger partial charge in [0.05, 0.1) is 6.33 Å². The highest BCUT2D eigenvalue weighted by molar-refractivity contribution is 5.86. The Morgan fingerprint density at radius 1 is 1.69 bits per heavy atom. The van der Waals surface area contributed by atoms with Gasteiger partial charge in [0.1, 0.15) is 5.56 Å². The van der Waals surface area contributed by atoms with E-state index in [4.69, 9.17) is 5.11 Å². The van der Waals surface area contributed by atoms with Crippen LogP contribution >= 0.6 is 0 Å². The minimum atomic E-state index is -1.23. The van der Waals surface area contributed by atoms with Gasteiger partial charge in [0.2, 0.25) is 0 Å². The Bertz CT molecular complexity index is 370. The maximum Gasteiger partial charge on any atom is 0.342 e. The average molecular weight is 182 g/mol. The SMILES string of the molecule is CCCn1cnc(=O)c(C(=O)O)c1. The zero-order chi connectivity index (χ0) is 9.84. The predicted molar refractivity (Wildman–Crippen MR) is 45.7 cm³/mol. The molecule has 70 valence electrons. The first-order valence-corrected chi connectivity index (χ1v) is 3.94. The number of rotatable bonds is 3. The molecule has 5 heteroatoms. The molecule has 1 aromatic rings. The number of hydrogen-bond donors (Lipinski definition) is 1. The summed E-state index contributed by atoms with van der Waals surface area (Å²) in [4.78, 5) is 24.9. The topological polar surface area (TPSA) is 72.2 Å². The smallest absolute Gasteiger partial charge is 0.342 e. The second kappa shape index (κ2) is 3.84. The van der Waals surface area contributed by atoms with Crippen molar-refractivity contribution < 1.29 is 9.90 Å². The Kier molecular flexibility index (Phi) is 2.79. The monoisotopic (exact) mass is 182 g/mol. The number of aromatic carboxylic acids is 1. The van der Waals surface area contributed by atoms with Gasteiger partial charge in [-0.05, 0) is 6.42 Å². The summed E-state index contributed by atoms with van der Waals surface area (Å²) in [5, 5.41) is 8.60. The van der Waals surface area contributed by atoms with Crippen molar-refractivity contribution in [1.82, 2.24) is 9.55 Å². The molecule has 0 aliphatic carbocycles. The fourth-order valence-corrected chi connectivity index (χ4v) is 0.978. The van der Waals surface area contributed by atoms with Crippen LogP contribution in [0, 0.1) is 0 Å². The molecule has 0 bridgehead atoms. The van der Waals surface area contributed by atoms with E-state index in [0.29, 0.717) is 6.54 Å². The van der Waals surface area contributed by atoms with Crippen LogP contribution in [0.3, 0.4) is 0 Å². The van der Waals surface area contributed by atoms with E-state index in [1.165, 1.54) is 12.5 Å². The quantitative estimate of drug-likeness (QED) is 0.732. The van der Waals surface area contributed by atoms with Gasteiger partial charge in [-0.1, -0.05) is 6.92 Å². The first kappa shape index (κ1) is 9.44. The molecule has 0 saturated heterocycles. The summed E-state index contributed by atoms with van der Waals surface area (Å²) in [5.74, 6) is -1.23. The molecule has 0 spiro atoms. The highest BCUT2D eigenvalue weighted by Gasteiger charge is 2.08. The zero-order valence-corrected chi connectivity index (χ0v) is 7.23. The standard InChI is InChI=1S/C8H10N2O3/c1-2-3-10-4-6(8(12)13)7(11)9-5-10/h4-5H,2-3H2,1H3,(H,12,13). The van der Waals surface area contributed by atoms with E-state index in [1.807, 2.05) is 6.92 Å². The van der Waals surface area contributed by atoms with Crippen LogP contribution in [0.5, 0.6) is 0 Å².